The first kappa shape index (κ1) is 15.4. The molecule has 3 rings (SSSR count). The predicted octanol–water partition coefficient (Wildman–Crippen LogP) is 3.16. The first-order valence-electron chi connectivity index (χ1n) is 7.57. The van der Waals surface area contributed by atoms with Gasteiger partial charge in [-0.25, -0.2) is 8.78 Å². The first-order valence-corrected chi connectivity index (χ1v) is 7.57. The molecule has 0 unspecified atom stereocenters. The van der Waals surface area contributed by atoms with Gasteiger partial charge in [0.25, 0.3) is 0 Å². The Morgan fingerprint density at radius 2 is 1.65 bits per heavy atom. The summed E-state index contributed by atoms with van der Waals surface area (Å²) in [6.07, 6.45) is 0. The lowest BCUT2D eigenvalue weighted by molar-refractivity contribution is 0.246. The lowest BCUT2D eigenvalue weighted by atomic mass is 10.1. The minimum Gasteiger partial charge on any atom is -0.369 e. The van der Waals surface area contributed by atoms with Gasteiger partial charge in [-0.2, -0.15) is 5.26 Å². The van der Waals surface area contributed by atoms with Crippen molar-refractivity contribution < 1.29 is 8.78 Å². The lowest BCUT2D eigenvalue weighted by Crippen LogP contribution is -2.46. The fraction of sp³-hybridized carbons (Fsp3) is 0.278. The number of piperazine rings is 1. The van der Waals surface area contributed by atoms with E-state index >= 15 is 0 Å². The molecule has 0 radical (unpaired) electrons. The van der Waals surface area contributed by atoms with Gasteiger partial charge in [-0.1, -0.05) is 0 Å². The molecule has 1 saturated heterocycles. The van der Waals surface area contributed by atoms with Crippen LogP contribution in [0.5, 0.6) is 0 Å². The Morgan fingerprint density at radius 1 is 0.957 bits per heavy atom. The number of anilines is 1. The number of halogens is 2. The van der Waals surface area contributed by atoms with Gasteiger partial charge in [0, 0.05) is 44.0 Å². The van der Waals surface area contributed by atoms with Crippen LogP contribution in [0.15, 0.2) is 42.5 Å². The van der Waals surface area contributed by atoms with E-state index in [0.717, 1.165) is 31.9 Å². The van der Waals surface area contributed by atoms with E-state index in [1.807, 2.05) is 6.07 Å². The number of nitrogens with zero attached hydrogens (tertiary/aromatic N) is 3. The molecule has 3 nitrogen and oxygen atoms in total. The van der Waals surface area contributed by atoms with Crippen molar-refractivity contribution >= 4 is 5.69 Å². The van der Waals surface area contributed by atoms with Gasteiger partial charge in [-0.3, -0.25) is 4.90 Å². The third-order valence-corrected chi connectivity index (χ3v) is 4.13. The molecule has 2 aromatic carbocycles. The van der Waals surface area contributed by atoms with E-state index in [1.54, 1.807) is 18.2 Å². The Hall–Kier alpha value is -2.45. The molecule has 0 N–H and O–H groups in total. The average molecular weight is 313 g/mol. The molecule has 1 heterocycles. The molecule has 0 amide bonds. The highest BCUT2D eigenvalue weighted by molar-refractivity contribution is 5.46. The van der Waals surface area contributed by atoms with Crippen molar-refractivity contribution in [2.45, 2.75) is 6.54 Å². The standard InChI is InChI=1S/C18H17F2N3/c19-16-2-4-17(5-3-16)23-9-7-22(8-10-23)13-15-11-14(12-21)1-6-18(15)20/h1-6,11H,7-10,13H2. The summed E-state index contributed by atoms with van der Waals surface area (Å²) in [5, 5.41) is 8.92. The van der Waals surface area contributed by atoms with Crippen LogP contribution in [0, 0.1) is 23.0 Å². The monoisotopic (exact) mass is 313 g/mol. The van der Waals surface area contributed by atoms with Gasteiger partial charge in [-0.05, 0) is 42.5 Å². The number of nitriles is 1. The van der Waals surface area contributed by atoms with Crippen molar-refractivity contribution in [3.63, 3.8) is 0 Å². The SMILES string of the molecule is N#Cc1ccc(F)c(CN2CCN(c3ccc(F)cc3)CC2)c1. The summed E-state index contributed by atoms with van der Waals surface area (Å²) in [5.41, 5.74) is 2.04. The molecule has 1 fully saturated rings. The van der Waals surface area contributed by atoms with Gasteiger partial charge in [0.1, 0.15) is 11.6 Å². The van der Waals surface area contributed by atoms with Crippen molar-refractivity contribution in [2.75, 3.05) is 31.1 Å². The summed E-state index contributed by atoms with van der Waals surface area (Å²) in [7, 11) is 0. The molecule has 0 saturated carbocycles. The van der Waals surface area contributed by atoms with Crippen molar-refractivity contribution in [2.24, 2.45) is 0 Å². The van der Waals surface area contributed by atoms with Crippen molar-refractivity contribution in [1.29, 1.82) is 5.26 Å². The summed E-state index contributed by atoms with van der Waals surface area (Å²) >= 11 is 0. The second-order valence-corrected chi connectivity index (χ2v) is 5.66. The van der Waals surface area contributed by atoms with Gasteiger partial charge in [0.15, 0.2) is 0 Å². The van der Waals surface area contributed by atoms with E-state index < -0.39 is 0 Å². The van der Waals surface area contributed by atoms with Crippen molar-refractivity contribution in [3.8, 4) is 6.07 Å². The molecular formula is C18H17F2N3. The fourth-order valence-corrected chi connectivity index (χ4v) is 2.82. The average Bonchev–Trinajstić information content (AvgIpc) is 2.58. The minimum absolute atomic E-state index is 0.236. The third kappa shape index (κ3) is 3.66. The first-order chi connectivity index (χ1) is 11.2. The van der Waals surface area contributed by atoms with E-state index in [1.165, 1.54) is 24.3 Å². The quantitative estimate of drug-likeness (QED) is 0.872. The van der Waals surface area contributed by atoms with Gasteiger partial charge in [0.2, 0.25) is 0 Å². The smallest absolute Gasteiger partial charge is 0.127 e. The van der Waals surface area contributed by atoms with Crippen LogP contribution in [0.4, 0.5) is 14.5 Å². The van der Waals surface area contributed by atoms with Gasteiger partial charge < -0.3 is 4.90 Å². The number of hydrogen-bond donors (Lipinski definition) is 0. The van der Waals surface area contributed by atoms with Crippen molar-refractivity contribution in [1.82, 2.24) is 4.90 Å². The highest BCUT2D eigenvalue weighted by Gasteiger charge is 2.18. The van der Waals surface area contributed by atoms with Crippen LogP contribution in [0.25, 0.3) is 0 Å². The molecule has 118 valence electrons. The summed E-state index contributed by atoms with van der Waals surface area (Å²) in [4.78, 5) is 4.36. The van der Waals surface area contributed by atoms with Crippen LogP contribution in [-0.2, 0) is 6.54 Å². The van der Waals surface area contributed by atoms with Gasteiger partial charge in [0.05, 0.1) is 11.6 Å². The maximum atomic E-state index is 13.9. The largest absolute Gasteiger partial charge is 0.369 e. The van der Waals surface area contributed by atoms with E-state index in [-0.39, 0.29) is 11.6 Å². The van der Waals surface area contributed by atoms with Crippen LogP contribution >= 0.6 is 0 Å². The van der Waals surface area contributed by atoms with Crippen LogP contribution in [-0.4, -0.2) is 31.1 Å². The molecule has 0 bridgehead atoms. The predicted molar refractivity (Wildman–Crippen MR) is 85.0 cm³/mol. The normalized spacial score (nSPS) is 15.4. The number of rotatable bonds is 3. The van der Waals surface area contributed by atoms with Crippen LogP contribution in [0.3, 0.4) is 0 Å². The summed E-state index contributed by atoms with van der Waals surface area (Å²) in [5.74, 6) is -0.509. The summed E-state index contributed by atoms with van der Waals surface area (Å²) in [6.45, 7) is 3.72. The minimum atomic E-state index is -0.273. The Morgan fingerprint density at radius 3 is 2.30 bits per heavy atom. The number of benzene rings is 2. The number of hydrogen-bond acceptors (Lipinski definition) is 3. The maximum absolute atomic E-state index is 13.9. The van der Waals surface area contributed by atoms with Crippen LogP contribution in [0.1, 0.15) is 11.1 Å². The maximum Gasteiger partial charge on any atom is 0.127 e. The lowest BCUT2D eigenvalue weighted by Gasteiger charge is -2.36. The highest BCUT2D eigenvalue weighted by atomic mass is 19.1. The van der Waals surface area contributed by atoms with Crippen LogP contribution in [0.2, 0.25) is 0 Å². The van der Waals surface area contributed by atoms with E-state index in [4.69, 9.17) is 5.26 Å². The van der Waals surface area contributed by atoms with Gasteiger partial charge in [-0.15, -0.1) is 0 Å². The summed E-state index contributed by atoms with van der Waals surface area (Å²) < 4.78 is 26.8. The zero-order valence-corrected chi connectivity index (χ0v) is 12.7. The molecule has 23 heavy (non-hydrogen) atoms. The Kier molecular flexibility index (Phi) is 4.54. The molecule has 5 heteroatoms. The second kappa shape index (κ2) is 6.76. The molecule has 1 aliphatic heterocycles. The second-order valence-electron chi connectivity index (χ2n) is 5.66. The molecule has 0 atom stereocenters. The van der Waals surface area contributed by atoms with Crippen LogP contribution < -0.4 is 4.90 Å². The molecule has 0 spiro atoms. The molecule has 1 aliphatic rings. The van der Waals surface area contributed by atoms with E-state index in [0.29, 0.717) is 17.7 Å². The van der Waals surface area contributed by atoms with E-state index in [9.17, 15) is 8.78 Å². The Balaban J connectivity index is 1.61. The topological polar surface area (TPSA) is 30.3 Å². The Bertz CT molecular complexity index is 714. The highest BCUT2D eigenvalue weighted by Crippen LogP contribution is 2.19. The molecule has 0 aliphatic carbocycles. The zero-order valence-electron chi connectivity index (χ0n) is 12.7. The Labute approximate surface area is 134 Å². The summed E-state index contributed by atoms with van der Waals surface area (Å²) in [6, 6.07) is 13.0. The third-order valence-electron chi connectivity index (χ3n) is 4.13. The van der Waals surface area contributed by atoms with Crippen molar-refractivity contribution in [3.05, 3.63) is 65.2 Å². The van der Waals surface area contributed by atoms with E-state index in [2.05, 4.69) is 9.80 Å². The molecular weight excluding hydrogens is 296 g/mol. The van der Waals surface area contributed by atoms with Gasteiger partial charge >= 0.3 is 0 Å². The fourth-order valence-electron chi connectivity index (χ4n) is 2.82. The zero-order chi connectivity index (χ0) is 16.2. The molecule has 0 aromatic heterocycles. The molecule has 2 aromatic rings.